The molecule has 5 rings (SSSR count). The molecule has 0 fully saturated rings. The Hall–Kier alpha value is -4.28. The van der Waals surface area contributed by atoms with E-state index in [0.29, 0.717) is 17.1 Å². The summed E-state index contributed by atoms with van der Waals surface area (Å²) in [5, 5.41) is 10.4. The topological polar surface area (TPSA) is 96.1 Å². The van der Waals surface area contributed by atoms with E-state index in [2.05, 4.69) is 25.3 Å². The van der Waals surface area contributed by atoms with Crippen molar-refractivity contribution in [3.8, 4) is 22.6 Å². The van der Waals surface area contributed by atoms with Crippen molar-refractivity contribution in [1.29, 1.82) is 0 Å². The van der Waals surface area contributed by atoms with Crippen LogP contribution < -0.4 is 4.57 Å². The van der Waals surface area contributed by atoms with Crippen molar-refractivity contribution in [2.45, 2.75) is 12.7 Å². The molecule has 166 valence electrons. The summed E-state index contributed by atoms with van der Waals surface area (Å²) in [5.74, 6) is 0.501. The highest BCUT2D eigenvalue weighted by Gasteiger charge is 2.35. The van der Waals surface area contributed by atoms with Gasteiger partial charge in [-0.15, -0.1) is 0 Å². The lowest BCUT2D eigenvalue weighted by Gasteiger charge is -2.04. The molecule has 0 aliphatic rings. The fourth-order valence-electron chi connectivity index (χ4n) is 3.57. The van der Waals surface area contributed by atoms with E-state index in [4.69, 9.17) is 0 Å². The molecule has 0 radical (unpaired) electrons. The van der Waals surface area contributed by atoms with Gasteiger partial charge in [-0.1, -0.05) is 24.3 Å². The number of hydrogen-bond acceptors (Lipinski definition) is 4. The number of benzene rings is 1. The molecule has 0 saturated carbocycles. The number of alkyl halides is 3. The molecule has 0 bridgehead atoms. The number of aryl methyl sites for hydroxylation is 1. The van der Waals surface area contributed by atoms with Crippen LogP contribution in [-0.4, -0.2) is 35.7 Å². The van der Waals surface area contributed by atoms with Crippen LogP contribution in [0.5, 0.6) is 0 Å². The van der Waals surface area contributed by atoms with Crippen LogP contribution in [0, 0.1) is 0 Å². The smallest absolute Gasteiger partial charge is 0.333 e. The highest BCUT2D eigenvalue weighted by molar-refractivity contribution is 5.93. The van der Waals surface area contributed by atoms with Crippen molar-refractivity contribution >= 4 is 16.8 Å². The number of nitrogens with one attached hydrogen (secondary N) is 2. The van der Waals surface area contributed by atoms with E-state index in [0.717, 1.165) is 27.3 Å². The SMILES string of the molecule is Cn1nc(-c2ccc(-c3nc4cc[n+](CC(=O)c5ccn[nH]5)cc4[nH]3)cc2)cc1C(F)(F)F. The molecule has 8 nitrogen and oxygen atoms in total. The summed E-state index contributed by atoms with van der Waals surface area (Å²) in [6, 6.07) is 11.4. The standard InChI is InChI=1S/C22H16F3N7O/c1-31-20(22(23,24)25)10-17(30-31)13-2-4-14(5-3-13)21-27-15-7-9-32(11-18(15)28-21)12-19(33)16-6-8-26-29-16/h2-11H,12H2,1H3,(H,26,29,33)/p+1. The first kappa shape index (κ1) is 20.6. The second-order valence-corrected chi connectivity index (χ2v) is 7.51. The third-order valence-corrected chi connectivity index (χ3v) is 5.23. The molecule has 4 heterocycles. The lowest BCUT2D eigenvalue weighted by Crippen LogP contribution is -2.37. The highest BCUT2D eigenvalue weighted by atomic mass is 19.4. The van der Waals surface area contributed by atoms with Gasteiger partial charge in [-0.2, -0.15) is 27.9 Å². The van der Waals surface area contributed by atoms with Gasteiger partial charge in [-0.3, -0.25) is 14.6 Å². The zero-order valence-electron chi connectivity index (χ0n) is 17.3. The van der Waals surface area contributed by atoms with Crippen LogP contribution in [0.15, 0.2) is 61.1 Å². The van der Waals surface area contributed by atoms with Gasteiger partial charge in [0.15, 0.2) is 12.4 Å². The van der Waals surface area contributed by atoms with Crippen molar-refractivity contribution in [1.82, 2.24) is 29.9 Å². The van der Waals surface area contributed by atoms with Crippen LogP contribution in [0.25, 0.3) is 33.7 Å². The van der Waals surface area contributed by atoms with Crippen LogP contribution in [0.1, 0.15) is 16.2 Å². The number of ketones is 1. The lowest BCUT2D eigenvalue weighted by molar-refractivity contribution is -0.682. The Morgan fingerprint density at radius 3 is 2.55 bits per heavy atom. The van der Waals surface area contributed by atoms with Crippen molar-refractivity contribution < 1.29 is 22.5 Å². The fraction of sp³-hybridized carbons (Fsp3) is 0.136. The van der Waals surface area contributed by atoms with Crippen LogP contribution in [0.4, 0.5) is 13.2 Å². The van der Waals surface area contributed by atoms with Gasteiger partial charge in [-0.25, -0.2) is 4.98 Å². The van der Waals surface area contributed by atoms with Gasteiger partial charge in [-0.05, 0) is 12.1 Å². The Labute approximate surface area is 184 Å². The maximum absolute atomic E-state index is 13.0. The van der Waals surface area contributed by atoms with E-state index >= 15 is 0 Å². The van der Waals surface area contributed by atoms with E-state index in [1.54, 1.807) is 53.4 Å². The maximum Gasteiger partial charge on any atom is 0.433 e. The molecular weight excluding hydrogens is 435 g/mol. The van der Waals surface area contributed by atoms with Gasteiger partial charge in [0.1, 0.15) is 28.2 Å². The Morgan fingerprint density at radius 1 is 1.12 bits per heavy atom. The van der Waals surface area contributed by atoms with Crippen LogP contribution in [-0.2, 0) is 19.8 Å². The third kappa shape index (κ3) is 4.00. The Kier molecular flexibility index (Phi) is 4.81. The number of hydrogen-bond donors (Lipinski definition) is 2. The van der Waals surface area contributed by atoms with Crippen LogP contribution >= 0.6 is 0 Å². The molecule has 2 N–H and O–H groups in total. The molecule has 0 aliphatic heterocycles. The average Bonchev–Trinajstić information content (AvgIpc) is 3.52. The van der Waals surface area contributed by atoms with E-state index in [1.807, 2.05) is 0 Å². The summed E-state index contributed by atoms with van der Waals surface area (Å²) in [6.45, 7) is 0.144. The van der Waals surface area contributed by atoms with Gasteiger partial charge < -0.3 is 4.98 Å². The van der Waals surface area contributed by atoms with E-state index in [-0.39, 0.29) is 18.0 Å². The number of aromatic amines is 2. The quantitative estimate of drug-likeness (QED) is 0.315. The van der Waals surface area contributed by atoms with Gasteiger partial charge >= 0.3 is 6.18 Å². The predicted octanol–water partition coefficient (Wildman–Crippen LogP) is 3.54. The number of rotatable bonds is 5. The molecule has 11 heteroatoms. The van der Waals surface area contributed by atoms with Gasteiger partial charge in [0.25, 0.3) is 0 Å². The number of carbonyl (C=O) groups is 1. The van der Waals surface area contributed by atoms with Crippen molar-refractivity contribution in [3.05, 3.63) is 72.4 Å². The minimum atomic E-state index is -4.46. The largest absolute Gasteiger partial charge is 0.433 e. The molecule has 0 saturated heterocycles. The van der Waals surface area contributed by atoms with Gasteiger partial charge in [0, 0.05) is 30.4 Å². The zero-order valence-corrected chi connectivity index (χ0v) is 17.3. The van der Waals surface area contributed by atoms with E-state index < -0.39 is 11.9 Å². The van der Waals surface area contributed by atoms with Crippen LogP contribution in [0.3, 0.4) is 0 Å². The lowest BCUT2D eigenvalue weighted by atomic mass is 10.1. The number of imidazole rings is 1. The minimum Gasteiger partial charge on any atom is -0.333 e. The number of Topliss-reactive ketones (excluding diaryl/α,β-unsaturated/α-hetero) is 1. The molecule has 0 spiro atoms. The van der Waals surface area contributed by atoms with E-state index in [1.165, 1.54) is 13.2 Å². The molecule has 0 unspecified atom stereocenters. The summed E-state index contributed by atoms with van der Waals surface area (Å²) in [7, 11) is 1.27. The average molecular weight is 452 g/mol. The number of H-pyrrole nitrogens is 2. The minimum absolute atomic E-state index is 0.102. The zero-order chi connectivity index (χ0) is 23.2. The van der Waals surface area contributed by atoms with Crippen molar-refractivity contribution in [2.24, 2.45) is 7.05 Å². The second kappa shape index (κ2) is 7.69. The molecule has 4 aromatic heterocycles. The molecule has 5 aromatic rings. The van der Waals surface area contributed by atoms with Gasteiger partial charge in [0.2, 0.25) is 12.3 Å². The molecular formula is C22H17F3N7O+. The first-order valence-electron chi connectivity index (χ1n) is 9.91. The van der Waals surface area contributed by atoms with Gasteiger partial charge in [0.05, 0.1) is 5.69 Å². The Bertz CT molecular complexity index is 1450. The summed E-state index contributed by atoms with van der Waals surface area (Å²) in [4.78, 5) is 20.1. The predicted molar refractivity (Wildman–Crippen MR) is 112 cm³/mol. The number of nitrogens with zero attached hydrogens (tertiary/aromatic N) is 5. The second-order valence-electron chi connectivity index (χ2n) is 7.51. The number of fused-ring (bicyclic) bond motifs is 1. The van der Waals surface area contributed by atoms with Crippen molar-refractivity contribution in [2.75, 3.05) is 0 Å². The summed E-state index contributed by atoms with van der Waals surface area (Å²) in [6.07, 6.45) is 0.620. The number of carbonyl (C=O) groups excluding carboxylic acids is 1. The third-order valence-electron chi connectivity index (χ3n) is 5.23. The first-order valence-corrected chi connectivity index (χ1v) is 9.91. The molecule has 1 aromatic carbocycles. The molecule has 0 atom stereocenters. The normalized spacial score (nSPS) is 11.9. The molecule has 0 amide bonds. The number of aromatic nitrogens is 7. The van der Waals surface area contributed by atoms with Crippen LogP contribution in [0.2, 0.25) is 0 Å². The van der Waals surface area contributed by atoms with E-state index in [9.17, 15) is 18.0 Å². The number of halogens is 3. The fourth-order valence-corrected chi connectivity index (χ4v) is 3.57. The summed E-state index contributed by atoms with van der Waals surface area (Å²) in [5.41, 5.74) is 2.66. The molecule has 33 heavy (non-hydrogen) atoms. The first-order chi connectivity index (χ1) is 15.8. The molecule has 0 aliphatic carbocycles. The maximum atomic E-state index is 13.0. The number of pyridine rings is 1. The summed E-state index contributed by atoms with van der Waals surface area (Å²) >= 11 is 0. The Morgan fingerprint density at radius 2 is 1.88 bits per heavy atom. The summed E-state index contributed by atoms with van der Waals surface area (Å²) < 4.78 is 41.7. The monoisotopic (exact) mass is 452 g/mol. The van der Waals surface area contributed by atoms with Crippen molar-refractivity contribution in [3.63, 3.8) is 0 Å². The Balaban J connectivity index is 1.39. The highest BCUT2D eigenvalue weighted by Crippen LogP contribution is 2.32.